The maximum atomic E-state index is 15.3. The van der Waals surface area contributed by atoms with E-state index >= 15 is 8.78 Å². The fraction of sp³-hybridized carbons (Fsp3) is 0.361. The zero-order valence-electron chi connectivity index (χ0n) is 27.4. The van der Waals surface area contributed by atoms with Crippen LogP contribution in [-0.4, -0.2) is 45.9 Å². The van der Waals surface area contributed by atoms with Crippen molar-refractivity contribution in [2.45, 2.75) is 75.9 Å². The van der Waals surface area contributed by atoms with E-state index in [-0.39, 0.29) is 52.1 Å². The average Bonchev–Trinajstić information content (AvgIpc) is 3.49. The number of halogens is 8. The van der Waals surface area contributed by atoms with Gasteiger partial charge in [0.25, 0.3) is 18.8 Å². The van der Waals surface area contributed by atoms with E-state index < -0.39 is 89.7 Å². The first-order valence-electron chi connectivity index (χ1n) is 16.1. The van der Waals surface area contributed by atoms with Gasteiger partial charge in [-0.05, 0) is 80.5 Å². The summed E-state index contributed by atoms with van der Waals surface area (Å²) < 4.78 is 116. The van der Waals surface area contributed by atoms with E-state index in [1.165, 1.54) is 44.3 Å². The average molecular weight is 729 g/mol. The van der Waals surface area contributed by atoms with Crippen LogP contribution in [0.2, 0.25) is 0 Å². The lowest BCUT2D eigenvalue weighted by Gasteiger charge is -2.21. The number of nitrogens with zero attached hydrogens (tertiary/aromatic N) is 6. The Hall–Kier alpha value is -5.17. The Labute approximate surface area is 290 Å². The molecule has 52 heavy (non-hydrogen) atoms. The maximum Gasteiger partial charge on any atom is 0.297 e. The molecule has 0 spiro atoms. The molecule has 7 rings (SSSR count). The first kappa shape index (κ1) is 35.2. The number of Topliss-reactive ketones (excluding diaryl/α,β-unsaturated/α-hetero) is 1. The molecule has 0 amide bonds. The molecule has 4 aromatic heterocycles. The number of carbonyl (C=O) groups excluding carboxylic acids is 1. The minimum Gasteiger partial charge on any atom is -0.378 e. The lowest BCUT2D eigenvalue weighted by Crippen LogP contribution is -2.24. The number of fused-ring (bicyclic) bond motifs is 4. The predicted molar refractivity (Wildman–Crippen MR) is 169 cm³/mol. The first-order valence-corrected chi connectivity index (χ1v) is 16.1. The van der Waals surface area contributed by atoms with Gasteiger partial charge < -0.3 is 5.11 Å². The van der Waals surface area contributed by atoms with Crippen molar-refractivity contribution in [3.8, 4) is 23.0 Å². The summed E-state index contributed by atoms with van der Waals surface area (Å²) in [5.41, 5.74) is -2.48. The third kappa shape index (κ3) is 6.53. The van der Waals surface area contributed by atoms with Gasteiger partial charge in [0.15, 0.2) is 11.4 Å². The number of rotatable bonds is 10. The van der Waals surface area contributed by atoms with Gasteiger partial charge in [0.05, 0.1) is 5.69 Å². The van der Waals surface area contributed by atoms with E-state index in [9.17, 15) is 36.2 Å². The van der Waals surface area contributed by atoms with Crippen LogP contribution >= 0.6 is 0 Å². The van der Waals surface area contributed by atoms with Gasteiger partial charge in [-0.25, -0.2) is 31.3 Å². The number of pyridine rings is 2. The largest absolute Gasteiger partial charge is 0.378 e. The highest BCUT2D eigenvalue weighted by Gasteiger charge is 2.67. The second-order valence-corrected chi connectivity index (χ2v) is 13.5. The minimum absolute atomic E-state index is 0.00881. The summed E-state index contributed by atoms with van der Waals surface area (Å²) in [6.07, 6.45) is -5.55. The summed E-state index contributed by atoms with van der Waals surface area (Å²) in [6.45, 7) is 2.05. The molecule has 8 nitrogen and oxygen atoms in total. The smallest absolute Gasteiger partial charge is 0.297 e. The number of aliphatic hydroxyl groups is 1. The molecule has 3 atom stereocenters. The Balaban J connectivity index is 1.35. The number of alkyl halides is 6. The van der Waals surface area contributed by atoms with E-state index in [1.54, 1.807) is 0 Å². The zero-order valence-corrected chi connectivity index (χ0v) is 27.4. The Morgan fingerprint density at radius 2 is 1.75 bits per heavy atom. The Morgan fingerprint density at radius 1 is 1.02 bits per heavy atom. The highest BCUT2D eigenvalue weighted by molar-refractivity contribution is 5.82. The standard InChI is InChI=1S/C36H28F8N6O2/c1-35(2,52)8-7-21-5-6-23(24-4-3-9-49-33(24)46-47-34(49)32(41)42)28(45-21)18(10-17-11-19(37)14-20(38)12-17)13-22(51)16-50-30-27(29(48-50)31(39)40)25-15-26(25)36(30,43)44/h3-6,9,11-12,14,18,25-26,31-32,52H,10,13,15-16H2,1-2H3/t18-,25+,26-/m1/s1. The van der Waals surface area contributed by atoms with Crippen molar-refractivity contribution in [1.29, 1.82) is 0 Å². The summed E-state index contributed by atoms with van der Waals surface area (Å²) >= 11 is 0. The van der Waals surface area contributed by atoms with Crippen molar-refractivity contribution >= 4 is 11.4 Å². The molecule has 5 aromatic rings. The molecular formula is C36H28F8N6O2. The monoisotopic (exact) mass is 728 g/mol. The van der Waals surface area contributed by atoms with E-state index in [1.807, 2.05) is 0 Å². The van der Waals surface area contributed by atoms with Crippen molar-refractivity contribution in [2.75, 3.05) is 0 Å². The van der Waals surface area contributed by atoms with Crippen LogP contribution in [0.1, 0.15) is 91.1 Å². The molecule has 2 aliphatic carbocycles. The lowest BCUT2D eigenvalue weighted by atomic mass is 9.86. The highest BCUT2D eigenvalue weighted by Crippen LogP contribution is 2.68. The normalized spacial score (nSPS) is 18.0. The van der Waals surface area contributed by atoms with Gasteiger partial charge in [-0.3, -0.25) is 13.9 Å². The molecule has 1 aromatic carbocycles. The number of ketones is 1. The van der Waals surface area contributed by atoms with Crippen LogP contribution in [-0.2, 0) is 23.7 Å². The van der Waals surface area contributed by atoms with Crippen LogP contribution in [0.15, 0.2) is 48.7 Å². The second-order valence-electron chi connectivity index (χ2n) is 13.5. The number of carbonyl (C=O) groups is 1. The van der Waals surface area contributed by atoms with Crippen LogP contribution < -0.4 is 0 Å². The Kier molecular flexibility index (Phi) is 8.67. The fourth-order valence-electron chi connectivity index (χ4n) is 6.96. The Bertz CT molecular complexity index is 2260. The van der Waals surface area contributed by atoms with Gasteiger partial charge in [-0.15, -0.1) is 10.2 Å². The predicted octanol–water partition coefficient (Wildman–Crippen LogP) is 7.46. The summed E-state index contributed by atoms with van der Waals surface area (Å²) in [5, 5.41) is 21.5. The van der Waals surface area contributed by atoms with Crippen molar-refractivity contribution in [3.05, 3.63) is 100 Å². The molecule has 270 valence electrons. The molecular weight excluding hydrogens is 700 g/mol. The van der Waals surface area contributed by atoms with Crippen molar-refractivity contribution in [1.82, 2.24) is 29.4 Å². The molecule has 0 unspecified atom stereocenters. The molecule has 16 heteroatoms. The Morgan fingerprint density at radius 3 is 2.42 bits per heavy atom. The number of benzene rings is 1. The SMILES string of the molecule is CC(C)(O)C#Cc1ccc(-c2cccn3c(C(F)F)nnc23)c([C@@H](CC(=O)Cn2nc(C(F)F)c3c2C(F)(F)[C@@H]2C[C@H]32)Cc2cc(F)cc(F)c2)n1. The van der Waals surface area contributed by atoms with Gasteiger partial charge in [0.2, 0.25) is 5.82 Å². The third-order valence-corrected chi connectivity index (χ3v) is 9.13. The van der Waals surface area contributed by atoms with E-state index in [2.05, 4.69) is 32.1 Å². The quantitative estimate of drug-likeness (QED) is 0.119. The maximum absolute atomic E-state index is 15.3. The fourth-order valence-corrected chi connectivity index (χ4v) is 6.96. The summed E-state index contributed by atoms with van der Waals surface area (Å²) in [4.78, 5) is 18.5. The second kappa shape index (κ2) is 12.8. The molecule has 4 heterocycles. The molecule has 0 bridgehead atoms. The molecule has 0 saturated heterocycles. The highest BCUT2D eigenvalue weighted by atomic mass is 19.3. The molecule has 0 radical (unpaired) electrons. The van der Waals surface area contributed by atoms with Gasteiger partial charge >= 0.3 is 0 Å². The number of aromatic nitrogens is 6. The third-order valence-electron chi connectivity index (χ3n) is 9.13. The van der Waals surface area contributed by atoms with Crippen LogP contribution in [0.3, 0.4) is 0 Å². The van der Waals surface area contributed by atoms with Gasteiger partial charge in [-0.1, -0.05) is 5.92 Å². The molecule has 2 aliphatic rings. The van der Waals surface area contributed by atoms with Gasteiger partial charge in [0, 0.05) is 47.2 Å². The topological polar surface area (TPSA) is 98.2 Å². The van der Waals surface area contributed by atoms with Crippen LogP contribution in [0.4, 0.5) is 35.1 Å². The lowest BCUT2D eigenvalue weighted by molar-refractivity contribution is -0.120. The van der Waals surface area contributed by atoms with Gasteiger partial charge in [0.1, 0.15) is 40.9 Å². The number of hydrogen-bond donors (Lipinski definition) is 1. The summed E-state index contributed by atoms with van der Waals surface area (Å²) in [6, 6.07) is 8.70. The number of hydrogen-bond acceptors (Lipinski definition) is 6. The zero-order chi connectivity index (χ0) is 37.3. The van der Waals surface area contributed by atoms with Crippen molar-refractivity contribution < 1.29 is 45.0 Å². The first-order chi connectivity index (χ1) is 24.5. The van der Waals surface area contributed by atoms with Crippen LogP contribution in [0.25, 0.3) is 16.8 Å². The molecule has 1 saturated carbocycles. The van der Waals surface area contributed by atoms with E-state index in [0.29, 0.717) is 10.7 Å². The summed E-state index contributed by atoms with van der Waals surface area (Å²) in [5.74, 6) is -4.37. The van der Waals surface area contributed by atoms with E-state index in [4.69, 9.17) is 0 Å². The van der Waals surface area contributed by atoms with Crippen molar-refractivity contribution in [2.24, 2.45) is 5.92 Å². The van der Waals surface area contributed by atoms with Crippen LogP contribution in [0, 0.1) is 29.4 Å². The van der Waals surface area contributed by atoms with Crippen molar-refractivity contribution in [3.63, 3.8) is 0 Å². The molecule has 1 N–H and O–H groups in total. The van der Waals surface area contributed by atoms with E-state index in [0.717, 1.165) is 16.5 Å². The van der Waals surface area contributed by atoms with Crippen LogP contribution in [0.5, 0.6) is 0 Å². The molecule has 0 aliphatic heterocycles. The summed E-state index contributed by atoms with van der Waals surface area (Å²) in [7, 11) is 0. The van der Waals surface area contributed by atoms with Gasteiger partial charge in [-0.2, -0.15) is 13.9 Å². The minimum atomic E-state index is -3.48. The molecule has 1 fully saturated rings.